The van der Waals surface area contributed by atoms with E-state index in [0.29, 0.717) is 0 Å². The Kier molecular flexibility index (Phi) is 3.53. The molecule has 0 fully saturated rings. The fraction of sp³-hybridized carbons (Fsp3) is 0.333. The molecule has 1 atom stereocenters. The van der Waals surface area contributed by atoms with E-state index in [1.54, 1.807) is 4.88 Å². The van der Waals surface area contributed by atoms with Crippen molar-refractivity contribution >= 4 is 27.3 Å². The minimum atomic E-state index is -0.177. The van der Waals surface area contributed by atoms with Crippen molar-refractivity contribution in [3.63, 3.8) is 0 Å². The molecule has 1 aliphatic rings. The van der Waals surface area contributed by atoms with Crippen LogP contribution < -0.4 is 0 Å². The van der Waals surface area contributed by atoms with Gasteiger partial charge in [-0.3, -0.25) is 0 Å². The topological polar surface area (TPSA) is 0 Å². The SMILES string of the molecule is Fc1ccc(C(Br)c2cc3c(s2)CCCC3)cc1. The minimum Gasteiger partial charge on any atom is -0.207 e. The lowest BCUT2D eigenvalue weighted by Gasteiger charge is -2.08. The molecule has 0 bridgehead atoms. The normalized spacial score (nSPS) is 16.3. The number of hydrogen-bond donors (Lipinski definition) is 0. The number of aryl methyl sites for hydroxylation is 2. The van der Waals surface area contributed by atoms with Crippen LogP contribution in [0.1, 0.15) is 38.6 Å². The van der Waals surface area contributed by atoms with Crippen molar-refractivity contribution in [3.8, 4) is 0 Å². The van der Waals surface area contributed by atoms with Crippen molar-refractivity contribution in [3.05, 3.63) is 57.0 Å². The first kappa shape index (κ1) is 12.4. The minimum absolute atomic E-state index is 0.177. The zero-order valence-corrected chi connectivity index (χ0v) is 12.4. The number of alkyl halides is 1. The monoisotopic (exact) mass is 324 g/mol. The highest BCUT2D eigenvalue weighted by Gasteiger charge is 2.18. The van der Waals surface area contributed by atoms with Gasteiger partial charge in [-0.1, -0.05) is 28.1 Å². The molecule has 0 saturated carbocycles. The van der Waals surface area contributed by atoms with E-state index < -0.39 is 0 Å². The number of thiophene rings is 1. The molecule has 0 amide bonds. The van der Waals surface area contributed by atoms with Gasteiger partial charge in [0, 0.05) is 9.75 Å². The summed E-state index contributed by atoms with van der Waals surface area (Å²) in [6.45, 7) is 0. The van der Waals surface area contributed by atoms with Crippen molar-refractivity contribution in [2.45, 2.75) is 30.5 Å². The van der Waals surface area contributed by atoms with Gasteiger partial charge in [-0.05, 0) is 55.0 Å². The Morgan fingerprint density at radius 1 is 1.11 bits per heavy atom. The molecule has 0 nitrogen and oxygen atoms in total. The first-order valence-electron chi connectivity index (χ1n) is 6.25. The van der Waals surface area contributed by atoms with Gasteiger partial charge in [-0.15, -0.1) is 11.3 Å². The van der Waals surface area contributed by atoms with Crippen LogP contribution in [0.5, 0.6) is 0 Å². The third-order valence-corrected chi connectivity index (χ3v) is 6.06. The highest BCUT2D eigenvalue weighted by molar-refractivity contribution is 9.09. The number of hydrogen-bond acceptors (Lipinski definition) is 1. The van der Waals surface area contributed by atoms with Crippen molar-refractivity contribution in [2.24, 2.45) is 0 Å². The Morgan fingerprint density at radius 3 is 2.56 bits per heavy atom. The van der Waals surface area contributed by atoms with E-state index in [2.05, 4.69) is 22.0 Å². The fourth-order valence-electron chi connectivity index (χ4n) is 2.43. The molecular formula is C15H14BrFS. The van der Waals surface area contributed by atoms with Gasteiger partial charge in [0.15, 0.2) is 0 Å². The molecule has 1 aromatic carbocycles. The predicted octanol–water partition coefficient (Wildman–Crippen LogP) is 5.25. The standard InChI is InChI=1S/C15H14BrFS/c16-15(10-5-7-12(17)8-6-10)14-9-11-3-1-2-4-13(11)18-14/h5-9,15H,1-4H2. The van der Waals surface area contributed by atoms with Gasteiger partial charge < -0.3 is 0 Å². The molecule has 94 valence electrons. The highest BCUT2D eigenvalue weighted by Crippen LogP contribution is 2.39. The molecule has 1 aromatic heterocycles. The van der Waals surface area contributed by atoms with Gasteiger partial charge in [0.05, 0.1) is 4.83 Å². The summed E-state index contributed by atoms with van der Waals surface area (Å²) in [7, 11) is 0. The van der Waals surface area contributed by atoms with Crippen molar-refractivity contribution in [2.75, 3.05) is 0 Å². The third kappa shape index (κ3) is 2.39. The molecule has 2 aromatic rings. The van der Waals surface area contributed by atoms with Crippen LogP contribution >= 0.6 is 27.3 Å². The van der Waals surface area contributed by atoms with Crippen LogP contribution in [0.2, 0.25) is 0 Å². The maximum atomic E-state index is 12.9. The molecular weight excluding hydrogens is 311 g/mol. The zero-order chi connectivity index (χ0) is 12.5. The second kappa shape index (κ2) is 5.14. The van der Waals surface area contributed by atoms with Crippen molar-refractivity contribution in [1.29, 1.82) is 0 Å². The van der Waals surface area contributed by atoms with Crippen molar-refractivity contribution < 1.29 is 4.39 Å². The van der Waals surface area contributed by atoms with E-state index in [9.17, 15) is 4.39 Å². The molecule has 0 radical (unpaired) electrons. The van der Waals surface area contributed by atoms with Crippen LogP contribution in [0, 0.1) is 5.82 Å². The first-order chi connectivity index (χ1) is 8.74. The molecule has 0 saturated heterocycles. The Morgan fingerprint density at radius 2 is 1.83 bits per heavy atom. The van der Waals surface area contributed by atoms with E-state index in [-0.39, 0.29) is 10.6 Å². The van der Waals surface area contributed by atoms with Gasteiger partial charge in [0.25, 0.3) is 0 Å². The van der Waals surface area contributed by atoms with Crippen LogP contribution in [0.15, 0.2) is 30.3 Å². The highest BCUT2D eigenvalue weighted by atomic mass is 79.9. The van der Waals surface area contributed by atoms with Gasteiger partial charge in [-0.2, -0.15) is 0 Å². The smallest absolute Gasteiger partial charge is 0.123 e. The van der Waals surface area contributed by atoms with Crippen molar-refractivity contribution in [1.82, 2.24) is 0 Å². The maximum Gasteiger partial charge on any atom is 0.123 e. The Bertz CT molecular complexity index is 521. The molecule has 18 heavy (non-hydrogen) atoms. The zero-order valence-electron chi connectivity index (χ0n) is 9.96. The second-order valence-electron chi connectivity index (χ2n) is 4.72. The molecule has 0 N–H and O–H groups in total. The molecule has 0 spiro atoms. The summed E-state index contributed by atoms with van der Waals surface area (Å²) in [5.41, 5.74) is 2.64. The number of benzene rings is 1. The molecule has 1 unspecified atom stereocenters. The van der Waals surface area contributed by atoms with Gasteiger partial charge in [0.1, 0.15) is 5.82 Å². The summed E-state index contributed by atoms with van der Waals surface area (Å²) in [6, 6.07) is 9.08. The summed E-state index contributed by atoms with van der Waals surface area (Å²) < 4.78 is 12.9. The molecule has 1 aliphatic carbocycles. The molecule has 1 heterocycles. The second-order valence-corrected chi connectivity index (χ2v) is 6.80. The van der Waals surface area contributed by atoms with E-state index in [1.807, 2.05) is 23.5 Å². The Hall–Kier alpha value is -0.670. The van der Waals surface area contributed by atoms with E-state index in [1.165, 1.54) is 48.3 Å². The molecule has 3 rings (SSSR count). The lowest BCUT2D eigenvalue weighted by atomic mass is 9.99. The third-order valence-electron chi connectivity index (χ3n) is 3.43. The van der Waals surface area contributed by atoms with Gasteiger partial charge >= 0.3 is 0 Å². The average Bonchev–Trinajstić information content (AvgIpc) is 2.82. The molecule has 0 aliphatic heterocycles. The predicted molar refractivity (Wildman–Crippen MR) is 78.1 cm³/mol. The fourth-order valence-corrected chi connectivity index (χ4v) is 4.42. The summed E-state index contributed by atoms with van der Waals surface area (Å²) in [5, 5.41) is 0. The molecule has 3 heteroatoms. The van der Waals surface area contributed by atoms with E-state index in [0.717, 1.165) is 5.56 Å². The van der Waals surface area contributed by atoms with E-state index in [4.69, 9.17) is 0 Å². The summed E-state index contributed by atoms with van der Waals surface area (Å²) in [5.74, 6) is -0.177. The average molecular weight is 325 g/mol. The lowest BCUT2D eigenvalue weighted by molar-refractivity contribution is 0.627. The van der Waals surface area contributed by atoms with Gasteiger partial charge in [0.2, 0.25) is 0 Å². The quantitative estimate of drug-likeness (QED) is 0.662. The number of halogens is 2. The summed E-state index contributed by atoms with van der Waals surface area (Å²) >= 11 is 5.63. The number of fused-ring (bicyclic) bond motifs is 1. The van der Waals surface area contributed by atoms with Crippen LogP contribution in [-0.2, 0) is 12.8 Å². The van der Waals surface area contributed by atoms with Crippen LogP contribution in [0.4, 0.5) is 4.39 Å². The summed E-state index contributed by atoms with van der Waals surface area (Å²) in [4.78, 5) is 3.07. The van der Waals surface area contributed by atoms with Gasteiger partial charge in [-0.25, -0.2) is 4.39 Å². The van der Waals surface area contributed by atoms with Crippen LogP contribution in [-0.4, -0.2) is 0 Å². The maximum absolute atomic E-state index is 12.9. The van der Waals surface area contributed by atoms with E-state index >= 15 is 0 Å². The first-order valence-corrected chi connectivity index (χ1v) is 7.98. The Balaban J connectivity index is 1.89. The largest absolute Gasteiger partial charge is 0.207 e. The number of rotatable bonds is 2. The Labute approximate surface area is 119 Å². The van der Waals surface area contributed by atoms with Crippen LogP contribution in [0.25, 0.3) is 0 Å². The van der Waals surface area contributed by atoms with Crippen LogP contribution in [0.3, 0.4) is 0 Å². The summed E-state index contributed by atoms with van der Waals surface area (Å²) in [6.07, 6.45) is 5.07. The lowest BCUT2D eigenvalue weighted by Crippen LogP contribution is -1.96.